The summed E-state index contributed by atoms with van der Waals surface area (Å²) in [6, 6.07) is 10.9. The number of benzene rings is 1. The maximum Gasteiger partial charge on any atom is 0.322 e. The van der Waals surface area contributed by atoms with Crippen molar-refractivity contribution in [3.63, 3.8) is 0 Å². The Morgan fingerprint density at radius 2 is 1.94 bits per heavy atom. The molecule has 0 spiro atoms. The lowest BCUT2D eigenvalue weighted by Crippen LogP contribution is -1.99. The average Bonchev–Trinajstić information content (AvgIpc) is 2.30. The lowest BCUT2D eigenvalue weighted by Gasteiger charge is -2.03. The molecule has 1 aromatic carbocycles. The molecule has 0 saturated heterocycles. The van der Waals surface area contributed by atoms with Gasteiger partial charge in [-0.05, 0) is 18.2 Å². The Balaban J connectivity index is 2.22. The van der Waals surface area contributed by atoms with Gasteiger partial charge in [-0.1, -0.05) is 18.2 Å². The molecular formula is C12H10N2O2. The summed E-state index contributed by atoms with van der Waals surface area (Å²) in [6.45, 7) is 1.45. The van der Waals surface area contributed by atoms with Crippen molar-refractivity contribution in [3.05, 3.63) is 48.3 Å². The van der Waals surface area contributed by atoms with Crippen molar-refractivity contribution in [2.45, 2.75) is 6.92 Å². The lowest BCUT2D eigenvalue weighted by molar-refractivity contribution is 0.101. The topological polar surface area (TPSA) is 52.1 Å². The average molecular weight is 214 g/mol. The van der Waals surface area contributed by atoms with Gasteiger partial charge in [-0.25, -0.2) is 4.98 Å². The second-order valence-corrected chi connectivity index (χ2v) is 3.20. The van der Waals surface area contributed by atoms with Crippen molar-refractivity contribution in [2.24, 2.45) is 0 Å². The Labute approximate surface area is 92.9 Å². The maximum absolute atomic E-state index is 11.1. The number of hydrogen-bond acceptors (Lipinski definition) is 4. The number of aromatic nitrogens is 2. The van der Waals surface area contributed by atoms with Crippen LogP contribution in [0.15, 0.2) is 42.6 Å². The molecule has 1 heterocycles. The zero-order valence-corrected chi connectivity index (χ0v) is 8.75. The zero-order chi connectivity index (χ0) is 11.4. The summed E-state index contributed by atoms with van der Waals surface area (Å²) in [4.78, 5) is 19.0. The van der Waals surface area contributed by atoms with Crippen molar-refractivity contribution < 1.29 is 9.53 Å². The van der Waals surface area contributed by atoms with E-state index in [1.165, 1.54) is 13.1 Å². The van der Waals surface area contributed by atoms with E-state index in [1.807, 2.05) is 18.2 Å². The summed E-state index contributed by atoms with van der Waals surface area (Å²) in [7, 11) is 0. The molecule has 0 amide bonds. The molecule has 16 heavy (non-hydrogen) atoms. The Hall–Kier alpha value is -2.23. The highest BCUT2D eigenvalue weighted by atomic mass is 16.5. The number of carbonyl (C=O) groups is 1. The Morgan fingerprint density at radius 3 is 2.62 bits per heavy atom. The molecule has 0 atom stereocenters. The van der Waals surface area contributed by atoms with Gasteiger partial charge >= 0.3 is 6.01 Å². The standard InChI is InChI=1S/C12H10N2O2/c1-9(15)11-7-8-13-12(14-11)16-10-5-3-2-4-6-10/h2-8H,1H3. The van der Waals surface area contributed by atoms with E-state index in [4.69, 9.17) is 4.74 Å². The summed E-state index contributed by atoms with van der Waals surface area (Å²) in [5, 5.41) is 0. The van der Waals surface area contributed by atoms with Crippen LogP contribution in [-0.2, 0) is 0 Å². The van der Waals surface area contributed by atoms with Crippen molar-refractivity contribution in [3.8, 4) is 11.8 Å². The number of hydrogen-bond donors (Lipinski definition) is 0. The zero-order valence-electron chi connectivity index (χ0n) is 8.75. The summed E-state index contributed by atoms with van der Waals surface area (Å²) in [5.74, 6) is 0.531. The molecular weight excluding hydrogens is 204 g/mol. The Morgan fingerprint density at radius 1 is 1.19 bits per heavy atom. The number of carbonyl (C=O) groups excluding carboxylic acids is 1. The third kappa shape index (κ3) is 2.42. The monoisotopic (exact) mass is 214 g/mol. The molecule has 0 aliphatic heterocycles. The minimum absolute atomic E-state index is 0.111. The second kappa shape index (κ2) is 4.53. The molecule has 0 bridgehead atoms. The van der Waals surface area contributed by atoms with Crippen LogP contribution in [0.3, 0.4) is 0 Å². The van der Waals surface area contributed by atoms with Gasteiger partial charge in [-0.3, -0.25) is 4.79 Å². The van der Waals surface area contributed by atoms with Crippen LogP contribution in [0.25, 0.3) is 0 Å². The van der Waals surface area contributed by atoms with Gasteiger partial charge in [0, 0.05) is 13.1 Å². The van der Waals surface area contributed by atoms with Crippen LogP contribution >= 0.6 is 0 Å². The van der Waals surface area contributed by atoms with E-state index in [-0.39, 0.29) is 11.8 Å². The maximum atomic E-state index is 11.1. The van der Waals surface area contributed by atoms with Gasteiger partial charge in [0.2, 0.25) is 0 Å². The van der Waals surface area contributed by atoms with E-state index in [1.54, 1.807) is 18.2 Å². The van der Waals surface area contributed by atoms with Gasteiger partial charge < -0.3 is 4.74 Å². The molecule has 2 aromatic rings. The molecule has 80 valence electrons. The Kier molecular flexibility index (Phi) is 2.91. The lowest BCUT2D eigenvalue weighted by atomic mass is 10.3. The molecule has 1 aromatic heterocycles. The molecule has 4 heteroatoms. The fourth-order valence-corrected chi connectivity index (χ4v) is 1.18. The largest absolute Gasteiger partial charge is 0.424 e. The SMILES string of the molecule is CC(=O)c1ccnc(Oc2ccccc2)n1. The smallest absolute Gasteiger partial charge is 0.322 e. The van der Waals surface area contributed by atoms with Crippen molar-refractivity contribution in [2.75, 3.05) is 0 Å². The molecule has 0 fully saturated rings. The molecule has 2 rings (SSSR count). The highest BCUT2D eigenvalue weighted by Gasteiger charge is 2.04. The van der Waals surface area contributed by atoms with Crippen LogP contribution in [0.4, 0.5) is 0 Å². The predicted molar refractivity (Wildman–Crippen MR) is 58.6 cm³/mol. The quantitative estimate of drug-likeness (QED) is 0.736. The highest BCUT2D eigenvalue weighted by molar-refractivity contribution is 5.91. The summed E-state index contributed by atoms with van der Waals surface area (Å²) >= 11 is 0. The first-order chi connectivity index (χ1) is 7.75. The summed E-state index contributed by atoms with van der Waals surface area (Å²) < 4.78 is 5.39. The van der Waals surface area contributed by atoms with Crippen molar-refractivity contribution in [1.82, 2.24) is 9.97 Å². The van der Waals surface area contributed by atoms with Crippen molar-refractivity contribution in [1.29, 1.82) is 0 Å². The van der Waals surface area contributed by atoms with Gasteiger partial charge in [0.05, 0.1) is 0 Å². The first-order valence-corrected chi connectivity index (χ1v) is 4.82. The van der Waals surface area contributed by atoms with Crippen LogP contribution in [-0.4, -0.2) is 15.8 Å². The first-order valence-electron chi connectivity index (χ1n) is 4.82. The van der Waals surface area contributed by atoms with Gasteiger partial charge in [0.15, 0.2) is 5.78 Å². The normalized spacial score (nSPS) is 9.81. The van der Waals surface area contributed by atoms with Crippen LogP contribution in [0.5, 0.6) is 11.8 Å². The molecule has 0 saturated carbocycles. The highest BCUT2D eigenvalue weighted by Crippen LogP contribution is 2.16. The number of nitrogens with zero attached hydrogens (tertiary/aromatic N) is 2. The fraction of sp³-hybridized carbons (Fsp3) is 0.0833. The summed E-state index contributed by atoms with van der Waals surface area (Å²) in [5.41, 5.74) is 0.348. The van der Waals surface area contributed by atoms with E-state index >= 15 is 0 Å². The first kappa shape index (κ1) is 10.3. The molecule has 4 nitrogen and oxygen atoms in total. The fourth-order valence-electron chi connectivity index (χ4n) is 1.18. The Bertz CT molecular complexity index is 497. The van der Waals surface area contributed by atoms with E-state index < -0.39 is 0 Å². The van der Waals surface area contributed by atoms with Gasteiger partial charge in [-0.15, -0.1) is 0 Å². The van der Waals surface area contributed by atoms with E-state index in [9.17, 15) is 4.79 Å². The van der Waals surface area contributed by atoms with Crippen LogP contribution in [0.1, 0.15) is 17.4 Å². The van der Waals surface area contributed by atoms with Crippen LogP contribution in [0.2, 0.25) is 0 Å². The van der Waals surface area contributed by atoms with E-state index in [0.717, 1.165) is 0 Å². The summed E-state index contributed by atoms with van der Waals surface area (Å²) in [6.07, 6.45) is 1.50. The minimum Gasteiger partial charge on any atom is -0.424 e. The minimum atomic E-state index is -0.111. The predicted octanol–water partition coefficient (Wildman–Crippen LogP) is 2.47. The molecule has 0 unspecified atom stereocenters. The molecule has 0 radical (unpaired) electrons. The number of Topliss-reactive ketones (excluding diaryl/α,β-unsaturated/α-hetero) is 1. The van der Waals surface area contributed by atoms with Gasteiger partial charge in [0.1, 0.15) is 11.4 Å². The number of para-hydroxylation sites is 1. The second-order valence-electron chi connectivity index (χ2n) is 3.20. The molecule has 0 aliphatic carbocycles. The number of ketones is 1. The van der Waals surface area contributed by atoms with Gasteiger partial charge in [0.25, 0.3) is 0 Å². The van der Waals surface area contributed by atoms with Gasteiger partial charge in [-0.2, -0.15) is 4.98 Å². The third-order valence-electron chi connectivity index (χ3n) is 1.95. The number of rotatable bonds is 3. The van der Waals surface area contributed by atoms with E-state index in [0.29, 0.717) is 11.4 Å². The third-order valence-corrected chi connectivity index (χ3v) is 1.95. The molecule has 0 N–H and O–H groups in total. The molecule has 0 aliphatic rings. The number of ether oxygens (including phenoxy) is 1. The van der Waals surface area contributed by atoms with Crippen LogP contribution in [0, 0.1) is 0 Å². The van der Waals surface area contributed by atoms with Crippen LogP contribution < -0.4 is 4.74 Å². The van der Waals surface area contributed by atoms with E-state index in [2.05, 4.69) is 9.97 Å². The van der Waals surface area contributed by atoms with Crippen molar-refractivity contribution >= 4 is 5.78 Å².